The molecule has 0 unspecified atom stereocenters. The van der Waals surface area contributed by atoms with Gasteiger partial charge in [0.25, 0.3) is 5.91 Å². The summed E-state index contributed by atoms with van der Waals surface area (Å²) in [6.07, 6.45) is 3.41. The van der Waals surface area contributed by atoms with Crippen molar-refractivity contribution < 1.29 is 23.1 Å². The lowest BCUT2D eigenvalue weighted by molar-refractivity contribution is -0.132. The molecule has 0 fully saturated rings. The van der Waals surface area contributed by atoms with E-state index in [0.717, 1.165) is 0 Å². The highest BCUT2D eigenvalue weighted by atomic mass is 19.1. The zero-order valence-corrected chi connectivity index (χ0v) is 17.5. The first-order valence-electron chi connectivity index (χ1n) is 10.2. The van der Waals surface area contributed by atoms with Crippen LogP contribution in [0.25, 0.3) is 0 Å². The number of halogens is 2. The summed E-state index contributed by atoms with van der Waals surface area (Å²) in [5.74, 6) is -1.15. The molecular weight excluding hydrogens is 430 g/mol. The maximum Gasteiger partial charge on any atom is 0.267 e. The molecule has 7 nitrogen and oxygen atoms in total. The molecule has 1 N–H and O–H groups in total. The summed E-state index contributed by atoms with van der Waals surface area (Å²) in [7, 11) is 0. The minimum atomic E-state index is -0.573. The Balaban J connectivity index is 1.37. The summed E-state index contributed by atoms with van der Waals surface area (Å²) in [6.45, 7) is 0.216. The van der Waals surface area contributed by atoms with Crippen molar-refractivity contribution >= 4 is 17.5 Å². The molecule has 0 radical (unpaired) electrons. The van der Waals surface area contributed by atoms with Crippen LogP contribution < -0.4 is 10.1 Å². The Morgan fingerprint density at radius 3 is 2.58 bits per heavy atom. The molecule has 1 aliphatic heterocycles. The maximum absolute atomic E-state index is 14.4. The summed E-state index contributed by atoms with van der Waals surface area (Å²) < 4.78 is 32.9. The Labute approximate surface area is 188 Å². The molecule has 2 amide bonds. The molecule has 1 aromatic heterocycles. The lowest BCUT2D eigenvalue weighted by Gasteiger charge is -2.23. The van der Waals surface area contributed by atoms with Crippen molar-refractivity contribution in [2.45, 2.75) is 25.9 Å². The number of hydrogen-bond donors (Lipinski definition) is 1. The number of benzene rings is 2. The van der Waals surface area contributed by atoms with E-state index in [9.17, 15) is 18.4 Å². The van der Waals surface area contributed by atoms with Crippen molar-refractivity contribution in [2.24, 2.45) is 5.10 Å². The molecule has 2 aromatic carbocycles. The smallest absolute Gasteiger partial charge is 0.267 e. The minimum Gasteiger partial charge on any atom is -0.453 e. The van der Waals surface area contributed by atoms with Gasteiger partial charge in [0.1, 0.15) is 17.3 Å². The lowest BCUT2D eigenvalue weighted by atomic mass is 10.1. The fourth-order valence-corrected chi connectivity index (χ4v) is 3.21. The van der Waals surface area contributed by atoms with Gasteiger partial charge in [-0.1, -0.05) is 18.2 Å². The zero-order chi connectivity index (χ0) is 23.2. The van der Waals surface area contributed by atoms with Gasteiger partial charge in [0.2, 0.25) is 5.91 Å². The molecule has 0 saturated carbocycles. The Bertz CT molecular complexity index is 1180. The Kier molecular flexibility index (Phi) is 6.68. The van der Waals surface area contributed by atoms with Crippen LogP contribution in [0.1, 0.15) is 24.0 Å². The van der Waals surface area contributed by atoms with Gasteiger partial charge >= 0.3 is 0 Å². The number of hydrogen-bond acceptors (Lipinski definition) is 5. The Morgan fingerprint density at radius 2 is 1.85 bits per heavy atom. The molecular formula is C24H20F2N4O3. The number of aromatic nitrogens is 1. The summed E-state index contributed by atoms with van der Waals surface area (Å²) in [5.41, 5.74) is 1.43. The summed E-state index contributed by atoms with van der Waals surface area (Å²) in [5, 5.41) is 8.07. The second-order valence-corrected chi connectivity index (χ2v) is 7.36. The third kappa shape index (κ3) is 5.76. The first-order valence-corrected chi connectivity index (χ1v) is 10.2. The van der Waals surface area contributed by atoms with Gasteiger partial charge in [-0.15, -0.1) is 0 Å². The first-order chi connectivity index (χ1) is 16.0. The van der Waals surface area contributed by atoms with Crippen molar-refractivity contribution in [2.75, 3.05) is 0 Å². The number of carbonyl (C=O) groups is 2. The highest BCUT2D eigenvalue weighted by molar-refractivity contribution is 6.39. The average Bonchev–Trinajstić information content (AvgIpc) is 2.82. The van der Waals surface area contributed by atoms with Crippen molar-refractivity contribution in [1.82, 2.24) is 15.3 Å². The molecule has 3 aromatic rings. The van der Waals surface area contributed by atoms with E-state index in [4.69, 9.17) is 4.74 Å². The van der Waals surface area contributed by atoms with Gasteiger partial charge in [0.15, 0.2) is 11.6 Å². The monoisotopic (exact) mass is 450 g/mol. The van der Waals surface area contributed by atoms with Crippen LogP contribution in [0, 0.1) is 11.6 Å². The van der Waals surface area contributed by atoms with Gasteiger partial charge in [-0.2, -0.15) is 5.10 Å². The molecule has 4 rings (SSSR count). The quantitative estimate of drug-likeness (QED) is 0.591. The van der Waals surface area contributed by atoms with Crippen LogP contribution in [0.2, 0.25) is 0 Å². The highest BCUT2D eigenvalue weighted by Crippen LogP contribution is 2.24. The Morgan fingerprint density at radius 1 is 1.06 bits per heavy atom. The van der Waals surface area contributed by atoms with E-state index in [-0.39, 0.29) is 49.1 Å². The lowest BCUT2D eigenvalue weighted by Crippen LogP contribution is -2.38. The van der Waals surface area contributed by atoms with Gasteiger partial charge in [-0.25, -0.2) is 13.8 Å². The summed E-state index contributed by atoms with van der Waals surface area (Å²) in [6, 6.07) is 13.5. The molecule has 2 heterocycles. The van der Waals surface area contributed by atoms with E-state index in [2.05, 4.69) is 15.4 Å². The number of ether oxygens (including phenoxy) is 1. The highest BCUT2D eigenvalue weighted by Gasteiger charge is 2.24. The predicted octanol–water partition coefficient (Wildman–Crippen LogP) is 3.95. The summed E-state index contributed by atoms with van der Waals surface area (Å²) >= 11 is 0. The third-order valence-corrected chi connectivity index (χ3v) is 4.92. The van der Waals surface area contributed by atoms with E-state index in [1.807, 2.05) is 0 Å². The largest absolute Gasteiger partial charge is 0.453 e. The van der Waals surface area contributed by atoms with Crippen LogP contribution in [-0.4, -0.2) is 27.5 Å². The number of pyridine rings is 1. The fraction of sp³-hybridized carbons (Fsp3) is 0.167. The van der Waals surface area contributed by atoms with Crippen molar-refractivity contribution in [1.29, 1.82) is 0 Å². The van der Waals surface area contributed by atoms with Crippen LogP contribution in [-0.2, 0) is 22.7 Å². The third-order valence-electron chi connectivity index (χ3n) is 4.92. The van der Waals surface area contributed by atoms with Gasteiger partial charge in [-0.05, 0) is 47.5 Å². The number of amides is 2. The second kappa shape index (κ2) is 9.99. The molecule has 9 heteroatoms. The fourth-order valence-electron chi connectivity index (χ4n) is 3.21. The molecule has 0 aliphatic carbocycles. The van der Waals surface area contributed by atoms with Crippen LogP contribution in [0.5, 0.6) is 11.5 Å². The van der Waals surface area contributed by atoms with Crippen LogP contribution in [0.4, 0.5) is 8.78 Å². The molecule has 0 atom stereocenters. The van der Waals surface area contributed by atoms with Crippen LogP contribution in [0.3, 0.4) is 0 Å². The summed E-state index contributed by atoms with van der Waals surface area (Å²) in [4.78, 5) is 28.6. The van der Waals surface area contributed by atoms with Gasteiger partial charge in [0.05, 0.1) is 12.7 Å². The molecule has 0 bridgehead atoms. The molecule has 33 heavy (non-hydrogen) atoms. The number of rotatable bonds is 7. The van der Waals surface area contributed by atoms with Crippen molar-refractivity contribution in [3.05, 3.63) is 89.8 Å². The number of carbonyl (C=O) groups excluding carboxylic acids is 2. The molecule has 0 saturated heterocycles. The Hall–Kier alpha value is -4.14. The standard InChI is InChI=1S/C24H20F2N4O3/c25-18-6-3-16(4-7-18)15-30-23(31)10-8-21(29-30)24(32)28-13-17-5-9-22(20(26)12-17)33-19-2-1-11-27-14-19/h1-7,9,11-12,14H,8,10,13,15H2,(H,28,32). The number of nitrogens with one attached hydrogen (secondary N) is 1. The maximum atomic E-state index is 14.4. The first kappa shape index (κ1) is 22.1. The second-order valence-electron chi connectivity index (χ2n) is 7.36. The van der Waals surface area contributed by atoms with Gasteiger partial charge in [-0.3, -0.25) is 14.6 Å². The van der Waals surface area contributed by atoms with Crippen LogP contribution >= 0.6 is 0 Å². The van der Waals surface area contributed by atoms with Crippen molar-refractivity contribution in [3.8, 4) is 11.5 Å². The average molecular weight is 450 g/mol. The van der Waals surface area contributed by atoms with Gasteiger partial charge < -0.3 is 10.1 Å². The zero-order valence-electron chi connectivity index (χ0n) is 17.5. The van der Waals surface area contributed by atoms with Crippen LogP contribution in [0.15, 0.2) is 72.1 Å². The van der Waals surface area contributed by atoms with E-state index < -0.39 is 11.7 Å². The van der Waals surface area contributed by atoms with Gasteiger partial charge in [0, 0.05) is 25.6 Å². The topological polar surface area (TPSA) is 83.9 Å². The molecule has 0 spiro atoms. The van der Waals surface area contributed by atoms with E-state index in [1.54, 1.807) is 36.5 Å². The molecule has 168 valence electrons. The predicted molar refractivity (Wildman–Crippen MR) is 116 cm³/mol. The minimum absolute atomic E-state index is 0.0460. The van der Waals surface area contributed by atoms with E-state index in [0.29, 0.717) is 16.9 Å². The molecule has 1 aliphatic rings. The number of hydrazone groups is 1. The van der Waals surface area contributed by atoms with Crippen molar-refractivity contribution in [3.63, 3.8) is 0 Å². The number of nitrogens with zero attached hydrogens (tertiary/aromatic N) is 3. The SMILES string of the molecule is O=C(NCc1ccc(Oc2cccnc2)c(F)c1)C1=NN(Cc2ccc(F)cc2)C(=O)CC1. The van der Waals surface area contributed by atoms with E-state index in [1.165, 1.54) is 35.5 Å². The van der Waals surface area contributed by atoms with E-state index >= 15 is 0 Å². The normalized spacial score (nSPS) is 13.5.